The molecule has 1 heterocycles. The highest BCUT2D eigenvalue weighted by molar-refractivity contribution is 7.89. The second-order valence-electron chi connectivity index (χ2n) is 4.76. The molecule has 106 valence electrons. The fourth-order valence-corrected chi connectivity index (χ4v) is 3.53. The molecule has 1 aromatic rings. The molecule has 1 aliphatic heterocycles. The zero-order valence-electron chi connectivity index (χ0n) is 10.5. The van der Waals surface area contributed by atoms with Gasteiger partial charge in [-0.3, -0.25) is 0 Å². The molecule has 0 saturated carbocycles. The van der Waals surface area contributed by atoms with Crippen LogP contribution in [0.1, 0.15) is 12.0 Å². The molecule has 1 unspecified atom stereocenters. The molecule has 0 spiro atoms. The van der Waals surface area contributed by atoms with Crippen LogP contribution < -0.4 is 4.72 Å². The minimum Gasteiger partial charge on any atom is -0.386 e. The van der Waals surface area contributed by atoms with Crippen molar-refractivity contribution in [1.82, 2.24) is 4.72 Å². The number of ether oxygens (including phenoxy) is 1. The van der Waals surface area contributed by atoms with Crippen molar-refractivity contribution in [2.24, 2.45) is 0 Å². The van der Waals surface area contributed by atoms with Gasteiger partial charge in [0, 0.05) is 24.6 Å². The molecule has 1 aliphatic rings. The monoisotopic (exact) mass is 305 g/mol. The van der Waals surface area contributed by atoms with Crippen molar-refractivity contribution < 1.29 is 18.3 Å². The highest BCUT2D eigenvalue weighted by Crippen LogP contribution is 2.22. The number of hydrogen-bond acceptors (Lipinski definition) is 4. The zero-order valence-corrected chi connectivity index (χ0v) is 12.1. The van der Waals surface area contributed by atoms with E-state index in [1.807, 2.05) is 0 Å². The normalized spacial score (nSPS) is 23.7. The smallest absolute Gasteiger partial charge is 0.240 e. The minimum absolute atomic E-state index is 0.0682. The van der Waals surface area contributed by atoms with E-state index >= 15 is 0 Å². The van der Waals surface area contributed by atoms with Gasteiger partial charge in [0.25, 0.3) is 0 Å². The molecule has 1 fully saturated rings. The molecule has 1 atom stereocenters. The third kappa shape index (κ3) is 3.46. The van der Waals surface area contributed by atoms with Gasteiger partial charge < -0.3 is 9.84 Å². The number of rotatable bonds is 4. The van der Waals surface area contributed by atoms with Crippen LogP contribution in [0.15, 0.2) is 23.1 Å². The summed E-state index contributed by atoms with van der Waals surface area (Å²) in [5, 5.41) is 10.4. The molecule has 2 rings (SSSR count). The van der Waals surface area contributed by atoms with E-state index in [1.165, 1.54) is 6.07 Å². The average molecular weight is 306 g/mol. The van der Waals surface area contributed by atoms with Crippen LogP contribution in [-0.2, 0) is 14.8 Å². The van der Waals surface area contributed by atoms with Gasteiger partial charge in [-0.1, -0.05) is 17.7 Å². The van der Waals surface area contributed by atoms with Gasteiger partial charge in [-0.25, -0.2) is 13.1 Å². The molecule has 0 amide bonds. The van der Waals surface area contributed by atoms with Crippen LogP contribution in [0.2, 0.25) is 5.02 Å². The number of halogens is 1. The van der Waals surface area contributed by atoms with Gasteiger partial charge in [-0.05, 0) is 24.6 Å². The Balaban J connectivity index is 2.16. The van der Waals surface area contributed by atoms with Crippen LogP contribution >= 0.6 is 11.6 Å². The van der Waals surface area contributed by atoms with Crippen molar-refractivity contribution in [1.29, 1.82) is 0 Å². The van der Waals surface area contributed by atoms with Crippen molar-refractivity contribution in [3.63, 3.8) is 0 Å². The maximum atomic E-state index is 12.2. The van der Waals surface area contributed by atoms with E-state index in [1.54, 1.807) is 19.1 Å². The van der Waals surface area contributed by atoms with Gasteiger partial charge in [-0.2, -0.15) is 0 Å². The van der Waals surface area contributed by atoms with Crippen LogP contribution in [-0.4, -0.2) is 38.9 Å². The van der Waals surface area contributed by atoms with Gasteiger partial charge in [0.05, 0.1) is 11.5 Å². The molecule has 1 aromatic carbocycles. The maximum absolute atomic E-state index is 12.2. The topological polar surface area (TPSA) is 75.6 Å². The van der Waals surface area contributed by atoms with E-state index in [9.17, 15) is 13.5 Å². The average Bonchev–Trinajstić information content (AvgIpc) is 2.78. The summed E-state index contributed by atoms with van der Waals surface area (Å²) in [5.74, 6) is 0. The molecule has 0 bridgehead atoms. The number of aliphatic hydroxyl groups is 1. The molecule has 0 radical (unpaired) electrons. The van der Waals surface area contributed by atoms with E-state index in [2.05, 4.69) is 4.72 Å². The molecular weight excluding hydrogens is 290 g/mol. The predicted octanol–water partition coefficient (Wildman–Crippen LogP) is 1.08. The summed E-state index contributed by atoms with van der Waals surface area (Å²) in [4.78, 5) is 0.127. The largest absolute Gasteiger partial charge is 0.386 e. The fraction of sp³-hybridized carbons (Fsp3) is 0.500. The third-order valence-electron chi connectivity index (χ3n) is 3.11. The maximum Gasteiger partial charge on any atom is 0.240 e. The second-order valence-corrected chi connectivity index (χ2v) is 6.93. The molecule has 0 aliphatic carbocycles. The lowest BCUT2D eigenvalue weighted by Crippen LogP contribution is -2.43. The molecule has 0 aromatic heterocycles. The Kier molecular flexibility index (Phi) is 4.17. The number of sulfonamides is 1. The summed E-state index contributed by atoms with van der Waals surface area (Å²) in [6.45, 7) is 2.21. The standard InChI is InChI=1S/C12H16ClNO4S/c1-9-2-3-10(13)6-11(9)19(16,17)14-7-12(15)4-5-18-8-12/h2-3,6,14-15H,4-5,7-8H2,1H3. The van der Waals surface area contributed by atoms with Gasteiger partial charge >= 0.3 is 0 Å². The van der Waals surface area contributed by atoms with E-state index in [0.717, 1.165) is 0 Å². The highest BCUT2D eigenvalue weighted by Gasteiger charge is 2.33. The van der Waals surface area contributed by atoms with Gasteiger partial charge in [0.15, 0.2) is 0 Å². The van der Waals surface area contributed by atoms with Crippen molar-refractivity contribution in [3.05, 3.63) is 28.8 Å². The first-order chi connectivity index (χ1) is 8.82. The Morgan fingerprint density at radius 2 is 2.26 bits per heavy atom. The Morgan fingerprint density at radius 3 is 2.89 bits per heavy atom. The zero-order chi connectivity index (χ0) is 14.1. The number of hydrogen-bond donors (Lipinski definition) is 2. The van der Waals surface area contributed by atoms with Crippen LogP contribution in [0.3, 0.4) is 0 Å². The fourth-order valence-electron chi connectivity index (χ4n) is 1.91. The Morgan fingerprint density at radius 1 is 1.53 bits per heavy atom. The number of aryl methyl sites for hydroxylation is 1. The first-order valence-corrected chi connectivity index (χ1v) is 7.74. The molecule has 2 N–H and O–H groups in total. The SMILES string of the molecule is Cc1ccc(Cl)cc1S(=O)(=O)NCC1(O)CCOC1. The highest BCUT2D eigenvalue weighted by atomic mass is 35.5. The van der Waals surface area contributed by atoms with E-state index in [0.29, 0.717) is 23.6 Å². The van der Waals surface area contributed by atoms with Gasteiger partial charge in [0.1, 0.15) is 5.60 Å². The molecular formula is C12H16ClNO4S. The van der Waals surface area contributed by atoms with Gasteiger partial charge in [-0.15, -0.1) is 0 Å². The molecule has 19 heavy (non-hydrogen) atoms. The number of benzene rings is 1. The summed E-state index contributed by atoms with van der Waals surface area (Å²) in [6, 6.07) is 4.67. The predicted molar refractivity (Wildman–Crippen MR) is 71.8 cm³/mol. The van der Waals surface area contributed by atoms with Crippen molar-refractivity contribution in [2.45, 2.75) is 23.8 Å². The van der Waals surface area contributed by atoms with E-state index in [-0.39, 0.29) is 18.0 Å². The Hall–Kier alpha value is -0.660. The Bertz CT molecular complexity index is 567. The first-order valence-electron chi connectivity index (χ1n) is 5.88. The lowest BCUT2D eigenvalue weighted by molar-refractivity contribution is 0.0314. The molecule has 5 nitrogen and oxygen atoms in total. The van der Waals surface area contributed by atoms with E-state index in [4.69, 9.17) is 16.3 Å². The number of nitrogens with one attached hydrogen (secondary N) is 1. The third-order valence-corrected chi connectivity index (χ3v) is 4.89. The summed E-state index contributed by atoms with van der Waals surface area (Å²) in [6.07, 6.45) is 0.421. The van der Waals surface area contributed by atoms with Crippen LogP contribution in [0.5, 0.6) is 0 Å². The summed E-state index contributed by atoms with van der Waals surface area (Å²) in [7, 11) is -3.69. The molecule has 1 saturated heterocycles. The summed E-state index contributed by atoms with van der Waals surface area (Å²) >= 11 is 5.82. The lowest BCUT2D eigenvalue weighted by atomic mass is 10.1. The minimum atomic E-state index is -3.69. The lowest BCUT2D eigenvalue weighted by Gasteiger charge is -2.21. The first kappa shape index (κ1) is 14.7. The van der Waals surface area contributed by atoms with Crippen molar-refractivity contribution in [2.75, 3.05) is 19.8 Å². The van der Waals surface area contributed by atoms with Crippen LogP contribution in [0.25, 0.3) is 0 Å². The van der Waals surface area contributed by atoms with Crippen LogP contribution in [0.4, 0.5) is 0 Å². The van der Waals surface area contributed by atoms with Crippen LogP contribution in [0, 0.1) is 6.92 Å². The summed E-state index contributed by atoms with van der Waals surface area (Å²) < 4.78 is 31.8. The quantitative estimate of drug-likeness (QED) is 0.873. The summed E-state index contributed by atoms with van der Waals surface area (Å²) in [5.41, 5.74) is -0.522. The Labute approximate surface area is 117 Å². The van der Waals surface area contributed by atoms with Crippen molar-refractivity contribution in [3.8, 4) is 0 Å². The second kappa shape index (κ2) is 5.38. The van der Waals surface area contributed by atoms with E-state index < -0.39 is 15.6 Å². The van der Waals surface area contributed by atoms with Crippen molar-refractivity contribution >= 4 is 21.6 Å². The van der Waals surface area contributed by atoms with Gasteiger partial charge in [0.2, 0.25) is 10.0 Å². The molecule has 7 heteroatoms.